The molecule has 0 saturated carbocycles. The summed E-state index contributed by atoms with van der Waals surface area (Å²) in [4.78, 5) is 69.7. The number of halogens is 5. The van der Waals surface area contributed by atoms with Crippen molar-refractivity contribution in [1.82, 2.24) is 0 Å². The molecule has 18 nitrogen and oxygen atoms in total. The fourth-order valence-corrected chi connectivity index (χ4v) is 0.980. The molecule has 0 spiro atoms. The van der Waals surface area contributed by atoms with E-state index in [1.807, 2.05) is 6.92 Å². The number of hydrogen-bond donors (Lipinski definition) is 11. The fourth-order valence-electron chi connectivity index (χ4n) is 0.327. The van der Waals surface area contributed by atoms with Gasteiger partial charge >= 0.3 is 58.4 Å². The molecule has 0 rings (SSSR count). The first-order chi connectivity index (χ1) is 13.6. The summed E-state index contributed by atoms with van der Waals surface area (Å²) < 4.78 is 123. The summed E-state index contributed by atoms with van der Waals surface area (Å²) in [6.07, 6.45) is 1.33. The van der Waals surface area contributed by atoms with Crippen LogP contribution in [0.25, 0.3) is 0 Å². The summed E-state index contributed by atoms with van der Waals surface area (Å²) in [5, 5.41) is 0. The molecular weight excluding hydrogens is 625 g/mol. The maximum atomic E-state index is 10.4. The van der Waals surface area contributed by atoms with Crippen LogP contribution >= 0.6 is 39.5 Å². The molecule has 34 heavy (non-hydrogen) atoms. The molecule has 0 aliphatic rings. The first-order valence-corrected chi connectivity index (χ1v) is 15.4. The van der Waals surface area contributed by atoms with Crippen molar-refractivity contribution in [2.24, 2.45) is 0 Å². The molecule has 0 saturated heterocycles. The van der Waals surface area contributed by atoms with Gasteiger partial charge in [0.1, 0.15) is 0 Å². The van der Waals surface area contributed by atoms with Gasteiger partial charge < -0.3 is 1.43 Å². The Morgan fingerprint density at radius 2 is 0.706 bits per heavy atom. The van der Waals surface area contributed by atoms with Crippen molar-refractivity contribution in [1.29, 1.82) is 0 Å². The number of hydrogen-bond acceptors (Lipinski definition) is 7. The minimum Gasteiger partial charge on any atom is -1.00 e. The van der Waals surface area contributed by atoms with E-state index in [4.69, 9.17) is 76.3 Å². The molecule has 0 aromatic heterocycles. The predicted molar refractivity (Wildman–Crippen MR) is 98.2 cm³/mol. The summed E-state index contributed by atoms with van der Waals surface area (Å²) in [6, 6.07) is 0. The molecular formula is C4H21F5LiO18P5S. The van der Waals surface area contributed by atoms with Crippen LogP contribution in [0.5, 0.6) is 0 Å². The quantitative estimate of drug-likeness (QED) is 0.0685. The van der Waals surface area contributed by atoms with E-state index >= 15 is 0 Å². The smallest absolute Gasteiger partial charge is 1.00 e. The minimum absolute atomic E-state index is 0. The normalized spacial score (nSPS) is 11.4. The second-order valence-electron chi connectivity index (χ2n) is 4.00. The van der Waals surface area contributed by atoms with Crippen molar-refractivity contribution in [2.75, 3.05) is 5.75 Å². The first-order valence-electron chi connectivity index (χ1n) is 6.27. The van der Waals surface area contributed by atoms with Crippen LogP contribution < -0.4 is 18.9 Å². The summed E-state index contributed by atoms with van der Waals surface area (Å²) in [7, 11) is -29.4. The third kappa shape index (κ3) is 960. The second kappa shape index (κ2) is 23.1. The molecule has 0 aromatic carbocycles. The SMILES string of the molecule is CCCCS(=O)(=O)O.O=P(O)(O)F.O=P(O)(O)F.O=P(O)(O)F.O=P(O)(O)F.O=P(O)(O)F.[H-].[Li+]. The van der Waals surface area contributed by atoms with Crippen LogP contribution in [0.4, 0.5) is 21.0 Å². The van der Waals surface area contributed by atoms with Crippen molar-refractivity contribution >= 4 is 49.7 Å². The Morgan fingerprint density at radius 1 is 0.588 bits per heavy atom. The van der Waals surface area contributed by atoms with Gasteiger partial charge in [0.15, 0.2) is 0 Å². The molecule has 0 aliphatic carbocycles. The van der Waals surface area contributed by atoms with Crippen LogP contribution in [0, 0.1) is 0 Å². The molecule has 0 atom stereocenters. The first kappa shape index (κ1) is 51.5. The molecule has 0 bridgehead atoms. The fraction of sp³-hybridized carbons (Fsp3) is 1.00. The van der Waals surface area contributed by atoms with Crippen molar-refractivity contribution in [2.45, 2.75) is 19.8 Å². The van der Waals surface area contributed by atoms with Crippen LogP contribution in [0.15, 0.2) is 0 Å². The van der Waals surface area contributed by atoms with Gasteiger partial charge in [-0.05, 0) is 6.42 Å². The van der Waals surface area contributed by atoms with Crippen LogP contribution in [0.2, 0.25) is 0 Å². The molecule has 0 unspecified atom stereocenters. The van der Waals surface area contributed by atoms with Gasteiger partial charge in [-0.25, -0.2) is 22.8 Å². The summed E-state index contributed by atoms with van der Waals surface area (Å²) in [5.74, 6) is -0.108. The Morgan fingerprint density at radius 3 is 0.735 bits per heavy atom. The number of rotatable bonds is 3. The van der Waals surface area contributed by atoms with E-state index in [2.05, 4.69) is 0 Å². The van der Waals surface area contributed by atoms with E-state index in [0.717, 1.165) is 6.42 Å². The molecule has 30 heteroatoms. The largest absolute Gasteiger partial charge is 1.00 e. The van der Waals surface area contributed by atoms with E-state index in [9.17, 15) is 29.4 Å². The molecule has 212 valence electrons. The Balaban J connectivity index is -0.0000000417. The van der Waals surface area contributed by atoms with Gasteiger partial charge in [-0.15, -0.1) is 21.0 Å². The zero-order chi connectivity index (χ0) is 29.1. The Bertz CT molecular complexity index is 658. The van der Waals surface area contributed by atoms with Crippen molar-refractivity contribution < 1.29 is 126 Å². The van der Waals surface area contributed by atoms with E-state index in [-0.39, 0.29) is 26.0 Å². The molecule has 0 aromatic rings. The van der Waals surface area contributed by atoms with Crippen LogP contribution in [-0.4, -0.2) is 67.7 Å². The predicted octanol–water partition coefficient (Wildman–Crippen LogP) is -1.97. The van der Waals surface area contributed by atoms with Gasteiger partial charge in [-0.1, -0.05) is 13.3 Å². The van der Waals surface area contributed by atoms with Gasteiger partial charge in [0.2, 0.25) is 0 Å². The topological polar surface area (TPSA) is 342 Å². The Hall–Kier alpha value is 0.907. The summed E-state index contributed by atoms with van der Waals surface area (Å²) >= 11 is 0. The maximum absolute atomic E-state index is 10.4. The third-order valence-corrected chi connectivity index (χ3v) is 1.56. The molecule has 0 radical (unpaired) electrons. The van der Waals surface area contributed by atoms with Gasteiger partial charge in [0.05, 0.1) is 5.75 Å². The van der Waals surface area contributed by atoms with Gasteiger partial charge in [-0.3, -0.25) is 53.5 Å². The molecule has 0 heterocycles. The van der Waals surface area contributed by atoms with Gasteiger partial charge in [0.25, 0.3) is 10.1 Å². The average Bonchev–Trinajstić information content (AvgIpc) is 2.24. The standard InChI is InChI=1S/C4H10O3S.5FH2O3P.Li.H/c1-2-3-4-8(5,6)7;5*1-5(2,3)4;;/h2-4H2,1H3,(H,5,6,7);5*(H2,2,3,4);;/q;;;;;;+1;-1. The minimum atomic E-state index is -5.14. The number of unbranched alkanes of at least 4 members (excludes halogenated alkanes) is 1. The zero-order valence-electron chi connectivity index (χ0n) is 17.4. The van der Waals surface area contributed by atoms with Crippen molar-refractivity contribution in [3.8, 4) is 0 Å². The van der Waals surface area contributed by atoms with E-state index in [1.165, 1.54) is 0 Å². The Labute approximate surface area is 201 Å². The van der Waals surface area contributed by atoms with Crippen LogP contribution in [0.3, 0.4) is 0 Å². The molecule has 0 fully saturated rings. The average molecular weight is 646 g/mol. The van der Waals surface area contributed by atoms with Gasteiger partial charge in [0, 0.05) is 0 Å². The molecule has 11 N–H and O–H groups in total. The van der Waals surface area contributed by atoms with Crippen molar-refractivity contribution in [3.05, 3.63) is 0 Å². The van der Waals surface area contributed by atoms with E-state index in [1.54, 1.807) is 0 Å². The molecule has 0 amide bonds. The van der Waals surface area contributed by atoms with Crippen LogP contribution in [0.1, 0.15) is 21.2 Å². The van der Waals surface area contributed by atoms with Crippen molar-refractivity contribution in [3.63, 3.8) is 0 Å². The van der Waals surface area contributed by atoms with E-state index in [0.29, 0.717) is 6.42 Å². The summed E-state index contributed by atoms with van der Waals surface area (Å²) in [5.41, 5.74) is 0. The summed E-state index contributed by atoms with van der Waals surface area (Å²) in [6.45, 7) is 1.87. The third-order valence-electron chi connectivity index (χ3n) is 0.756. The molecule has 0 aliphatic heterocycles. The zero-order valence-corrected chi connectivity index (χ0v) is 21.7. The Kier molecular flexibility index (Phi) is 34.9. The van der Waals surface area contributed by atoms with Crippen LogP contribution in [-0.2, 0) is 32.9 Å². The maximum Gasteiger partial charge on any atom is 1.00 e. The van der Waals surface area contributed by atoms with Gasteiger partial charge in [-0.2, -0.15) is 8.42 Å². The second-order valence-corrected chi connectivity index (χ2v) is 10.3. The van der Waals surface area contributed by atoms with E-state index < -0.39 is 49.7 Å². The monoisotopic (exact) mass is 646 g/mol.